The number of aromatic nitrogens is 4. The van der Waals surface area contributed by atoms with Crippen molar-refractivity contribution in [1.29, 1.82) is 0 Å². The molecular weight excluding hydrogens is 421 g/mol. The van der Waals surface area contributed by atoms with Gasteiger partial charge in [0.25, 0.3) is 0 Å². The van der Waals surface area contributed by atoms with Crippen molar-refractivity contribution >= 4 is 45.7 Å². The maximum Gasteiger partial charge on any atom is 0.164 e. The predicted octanol–water partition coefficient (Wildman–Crippen LogP) is 0.779. The second-order valence-electron chi connectivity index (χ2n) is 6.43. The highest BCUT2D eigenvalue weighted by molar-refractivity contribution is 14.1. The van der Waals surface area contributed by atoms with Gasteiger partial charge in [0.2, 0.25) is 0 Å². The van der Waals surface area contributed by atoms with E-state index in [-0.39, 0.29) is 12.1 Å². The number of hydrogen-bond acceptors (Lipinski definition) is 7. The third kappa shape index (κ3) is 3.38. The van der Waals surface area contributed by atoms with Gasteiger partial charge in [0.05, 0.1) is 17.5 Å². The molecule has 24 heavy (non-hydrogen) atoms. The lowest BCUT2D eigenvalue weighted by Gasteiger charge is -2.36. The zero-order chi connectivity index (χ0) is 17.3. The Morgan fingerprint density at radius 2 is 2.12 bits per heavy atom. The number of aldehydes is 1. The number of nitrogen functional groups attached to an aromatic ring is 1. The smallest absolute Gasteiger partial charge is 0.164 e. The first-order chi connectivity index (χ1) is 11.5. The molecule has 0 bridgehead atoms. The molecule has 0 spiro atoms. The summed E-state index contributed by atoms with van der Waals surface area (Å²) < 4.78 is 2.82. The molecule has 3 heterocycles. The molecule has 0 saturated carbocycles. The van der Waals surface area contributed by atoms with E-state index in [1.165, 1.54) is 6.33 Å². The zero-order valence-corrected chi connectivity index (χ0v) is 16.0. The van der Waals surface area contributed by atoms with Crippen LogP contribution in [0.4, 0.5) is 5.82 Å². The number of carbonyl (C=O) groups is 1. The summed E-state index contributed by atoms with van der Waals surface area (Å²) in [5.74, 6) is 0.472. The lowest BCUT2D eigenvalue weighted by molar-refractivity contribution is -0.113. The van der Waals surface area contributed by atoms with E-state index in [4.69, 9.17) is 5.73 Å². The van der Waals surface area contributed by atoms with E-state index in [1.54, 1.807) is 0 Å². The van der Waals surface area contributed by atoms with E-state index in [0.29, 0.717) is 5.82 Å². The van der Waals surface area contributed by atoms with Crippen LogP contribution in [0.5, 0.6) is 0 Å². The van der Waals surface area contributed by atoms with Gasteiger partial charge in [-0.1, -0.05) is 0 Å². The number of likely N-dealkylation sites (N-methyl/N-ethyl adjacent to an activating group) is 1. The highest BCUT2D eigenvalue weighted by Gasteiger charge is 2.28. The number of nitrogens with two attached hydrogens (primary N) is 1. The van der Waals surface area contributed by atoms with Crippen LogP contribution in [-0.4, -0.2) is 75.6 Å². The zero-order valence-electron chi connectivity index (χ0n) is 13.9. The van der Waals surface area contributed by atoms with Crippen LogP contribution in [0.2, 0.25) is 0 Å². The quantitative estimate of drug-likeness (QED) is 0.539. The Kier molecular flexibility index (Phi) is 5.30. The van der Waals surface area contributed by atoms with Gasteiger partial charge < -0.3 is 15.4 Å². The molecule has 1 aliphatic heterocycles. The van der Waals surface area contributed by atoms with Crippen LogP contribution < -0.4 is 5.73 Å². The monoisotopic (exact) mass is 443 g/mol. The minimum atomic E-state index is -0.0478. The van der Waals surface area contributed by atoms with E-state index in [9.17, 15) is 4.79 Å². The van der Waals surface area contributed by atoms with Crippen molar-refractivity contribution < 1.29 is 4.79 Å². The molecule has 0 amide bonds. The van der Waals surface area contributed by atoms with Crippen LogP contribution in [-0.2, 0) is 4.79 Å². The molecule has 0 aromatic carbocycles. The Labute approximate surface area is 154 Å². The van der Waals surface area contributed by atoms with Crippen molar-refractivity contribution in [3.05, 3.63) is 10.0 Å². The first-order valence-electron chi connectivity index (χ1n) is 7.99. The summed E-state index contributed by atoms with van der Waals surface area (Å²) in [7, 11) is 3.98. The number of hydrogen-bond donors (Lipinski definition) is 1. The molecule has 3 rings (SSSR count). The van der Waals surface area contributed by atoms with Crippen molar-refractivity contribution in [3.63, 3.8) is 0 Å². The van der Waals surface area contributed by atoms with Gasteiger partial charge in [-0.3, -0.25) is 4.90 Å². The van der Waals surface area contributed by atoms with Crippen molar-refractivity contribution in [3.8, 4) is 0 Å². The molecule has 0 radical (unpaired) electrons. The molecule has 2 aromatic heterocycles. The van der Waals surface area contributed by atoms with Crippen molar-refractivity contribution in [1.82, 2.24) is 29.5 Å². The summed E-state index contributed by atoms with van der Waals surface area (Å²) in [6.45, 7) is 2.50. The van der Waals surface area contributed by atoms with Crippen LogP contribution >= 0.6 is 22.6 Å². The van der Waals surface area contributed by atoms with Crippen molar-refractivity contribution in [2.24, 2.45) is 0 Å². The number of likely N-dealkylation sites (tertiary alicyclic amines) is 1. The molecule has 0 aliphatic carbocycles. The van der Waals surface area contributed by atoms with Gasteiger partial charge in [0.1, 0.15) is 22.1 Å². The van der Waals surface area contributed by atoms with Gasteiger partial charge in [0, 0.05) is 19.6 Å². The van der Waals surface area contributed by atoms with Gasteiger partial charge in [-0.2, -0.15) is 5.10 Å². The lowest BCUT2D eigenvalue weighted by atomic mass is 10.0. The Morgan fingerprint density at radius 1 is 1.42 bits per heavy atom. The first kappa shape index (κ1) is 17.5. The van der Waals surface area contributed by atoms with E-state index in [2.05, 4.69) is 42.6 Å². The number of nitrogens with zero attached hydrogens (tertiary/aromatic N) is 6. The maximum atomic E-state index is 11.4. The van der Waals surface area contributed by atoms with Crippen LogP contribution in [0.25, 0.3) is 11.0 Å². The molecule has 130 valence electrons. The van der Waals surface area contributed by atoms with Gasteiger partial charge in [0.15, 0.2) is 5.65 Å². The SMILES string of the molecule is CN(C)CC(C=O)N1CCC(n2nc(I)c3c(N)ncnc32)CC1. The molecule has 2 aromatic rings. The lowest BCUT2D eigenvalue weighted by Crippen LogP contribution is -2.47. The number of halogens is 1. The third-order valence-corrected chi connectivity index (χ3v) is 5.25. The molecule has 1 unspecified atom stereocenters. The average molecular weight is 443 g/mol. The molecule has 2 N–H and O–H groups in total. The summed E-state index contributed by atoms with van der Waals surface area (Å²) in [6, 6.07) is 0.224. The summed E-state index contributed by atoms with van der Waals surface area (Å²) >= 11 is 2.18. The van der Waals surface area contributed by atoms with Gasteiger partial charge in [-0.25, -0.2) is 14.6 Å². The normalized spacial score (nSPS) is 18.3. The topological polar surface area (TPSA) is 93.2 Å². The number of fused-ring (bicyclic) bond motifs is 1. The van der Waals surface area contributed by atoms with E-state index in [1.807, 2.05) is 23.7 Å². The van der Waals surface area contributed by atoms with E-state index in [0.717, 1.165) is 53.5 Å². The minimum absolute atomic E-state index is 0.0478. The second-order valence-corrected chi connectivity index (χ2v) is 7.45. The standard InChI is InChI=1S/C15H22IN7O/c1-21(2)7-11(8-24)22-5-3-10(4-6-22)23-15-12(13(16)20-23)14(17)18-9-19-15/h8-11H,3-7H2,1-2H3,(H2,17,18,19). The third-order valence-electron chi connectivity index (χ3n) is 4.50. The molecule has 1 saturated heterocycles. The van der Waals surface area contributed by atoms with Crippen LogP contribution in [0.1, 0.15) is 18.9 Å². The van der Waals surface area contributed by atoms with Gasteiger partial charge in [-0.15, -0.1) is 0 Å². The Bertz CT molecular complexity index is 724. The number of piperidine rings is 1. The van der Waals surface area contributed by atoms with Crippen molar-refractivity contribution in [2.75, 3.05) is 39.5 Å². The highest BCUT2D eigenvalue weighted by atomic mass is 127. The van der Waals surface area contributed by atoms with Crippen LogP contribution in [0.3, 0.4) is 0 Å². The second kappa shape index (κ2) is 7.28. The Hall–Kier alpha value is -1.33. The molecule has 1 aliphatic rings. The number of carbonyl (C=O) groups excluding carboxylic acids is 1. The van der Waals surface area contributed by atoms with Gasteiger partial charge >= 0.3 is 0 Å². The van der Waals surface area contributed by atoms with E-state index < -0.39 is 0 Å². The molecule has 1 fully saturated rings. The van der Waals surface area contributed by atoms with Gasteiger partial charge in [-0.05, 0) is 49.5 Å². The van der Waals surface area contributed by atoms with Crippen LogP contribution in [0, 0.1) is 3.70 Å². The predicted molar refractivity (Wildman–Crippen MR) is 101 cm³/mol. The fourth-order valence-corrected chi connectivity index (χ4v) is 4.04. The average Bonchev–Trinajstić information content (AvgIpc) is 2.91. The molecule has 1 atom stereocenters. The maximum absolute atomic E-state index is 11.4. The fourth-order valence-electron chi connectivity index (χ4n) is 3.29. The summed E-state index contributed by atoms with van der Waals surface area (Å²) in [4.78, 5) is 24.1. The summed E-state index contributed by atoms with van der Waals surface area (Å²) in [5, 5.41) is 5.47. The summed E-state index contributed by atoms with van der Waals surface area (Å²) in [5.41, 5.74) is 6.76. The highest BCUT2D eigenvalue weighted by Crippen LogP contribution is 2.30. The fraction of sp³-hybridized carbons (Fsp3) is 0.600. The first-order valence-corrected chi connectivity index (χ1v) is 9.07. The molecule has 8 nitrogen and oxygen atoms in total. The summed E-state index contributed by atoms with van der Waals surface area (Å²) in [6.07, 6.45) is 4.42. The van der Waals surface area contributed by atoms with Crippen LogP contribution in [0.15, 0.2) is 6.33 Å². The Balaban J connectivity index is 1.76. The number of anilines is 1. The minimum Gasteiger partial charge on any atom is -0.383 e. The van der Waals surface area contributed by atoms with Crippen molar-refractivity contribution in [2.45, 2.75) is 24.9 Å². The Morgan fingerprint density at radius 3 is 2.75 bits per heavy atom. The van der Waals surface area contributed by atoms with E-state index >= 15 is 0 Å². The largest absolute Gasteiger partial charge is 0.383 e. The number of rotatable bonds is 5. The molecular formula is C15H22IN7O. The molecule has 9 heteroatoms.